The smallest absolute Gasteiger partial charge is 0.131 e. The van der Waals surface area contributed by atoms with Crippen molar-refractivity contribution in [1.82, 2.24) is 4.98 Å². The predicted molar refractivity (Wildman–Crippen MR) is 85.9 cm³/mol. The summed E-state index contributed by atoms with van der Waals surface area (Å²) in [5, 5.41) is 1.91. The van der Waals surface area contributed by atoms with E-state index in [2.05, 4.69) is 29.2 Å². The van der Waals surface area contributed by atoms with E-state index in [1.807, 2.05) is 18.3 Å². The molecule has 1 atom stereocenters. The molecule has 21 heavy (non-hydrogen) atoms. The van der Waals surface area contributed by atoms with Crippen molar-refractivity contribution in [2.45, 2.75) is 12.5 Å². The Morgan fingerprint density at radius 2 is 2.14 bits per heavy atom. The molecule has 0 amide bonds. The van der Waals surface area contributed by atoms with Crippen molar-refractivity contribution >= 4 is 22.5 Å². The van der Waals surface area contributed by atoms with Crippen molar-refractivity contribution in [1.29, 1.82) is 0 Å². The van der Waals surface area contributed by atoms with Crippen molar-refractivity contribution in [3.63, 3.8) is 0 Å². The van der Waals surface area contributed by atoms with Crippen LogP contribution in [0, 0.1) is 0 Å². The lowest BCUT2D eigenvalue weighted by atomic mass is 9.99. The van der Waals surface area contributed by atoms with Gasteiger partial charge in [0.1, 0.15) is 11.9 Å². The van der Waals surface area contributed by atoms with Crippen LogP contribution in [0.2, 0.25) is 5.02 Å². The van der Waals surface area contributed by atoms with Crippen molar-refractivity contribution < 1.29 is 4.74 Å². The molecule has 3 nitrogen and oxygen atoms in total. The molecular formula is C17H15ClN2O. The Labute approximate surface area is 127 Å². The Morgan fingerprint density at radius 1 is 1.24 bits per heavy atom. The molecule has 1 aliphatic rings. The summed E-state index contributed by atoms with van der Waals surface area (Å²) in [7, 11) is 0. The fourth-order valence-corrected chi connectivity index (χ4v) is 3.20. The number of aromatic amines is 1. The molecule has 0 fully saturated rings. The molecule has 0 aliphatic carbocycles. The number of ether oxygens (including phenoxy) is 1. The molecule has 2 aromatic carbocycles. The Balaban J connectivity index is 1.88. The van der Waals surface area contributed by atoms with Crippen LogP contribution in [0.15, 0.2) is 42.6 Å². The first-order valence-electron chi connectivity index (χ1n) is 7.01. The first-order valence-corrected chi connectivity index (χ1v) is 7.39. The zero-order valence-corrected chi connectivity index (χ0v) is 12.2. The van der Waals surface area contributed by atoms with Gasteiger partial charge in [-0.05, 0) is 46.8 Å². The number of benzene rings is 2. The number of halogens is 1. The standard InChI is InChI=1S/C17H15ClN2O/c18-13-6-12-7-14(9-19)21-17(12)15(8-13)10-1-2-16-11(5-10)3-4-20-16/h1-6,8,14,20H,7,9,19H2/t14-/m1/s1. The average Bonchev–Trinajstić information content (AvgIpc) is 3.11. The molecule has 0 saturated carbocycles. The van der Waals surface area contributed by atoms with Gasteiger partial charge in [-0.3, -0.25) is 0 Å². The van der Waals surface area contributed by atoms with Crippen molar-refractivity contribution in [2.24, 2.45) is 5.73 Å². The van der Waals surface area contributed by atoms with Crippen LogP contribution < -0.4 is 10.5 Å². The number of hydrogen-bond acceptors (Lipinski definition) is 2. The summed E-state index contributed by atoms with van der Waals surface area (Å²) in [5.41, 5.74) is 10.2. The van der Waals surface area contributed by atoms with E-state index in [-0.39, 0.29) is 6.10 Å². The third-order valence-electron chi connectivity index (χ3n) is 3.99. The highest BCUT2D eigenvalue weighted by Crippen LogP contribution is 2.41. The summed E-state index contributed by atoms with van der Waals surface area (Å²) in [6, 6.07) is 12.3. The van der Waals surface area contributed by atoms with Gasteiger partial charge in [0.05, 0.1) is 0 Å². The van der Waals surface area contributed by atoms with E-state index in [4.69, 9.17) is 22.1 Å². The molecule has 4 heteroatoms. The lowest BCUT2D eigenvalue weighted by Crippen LogP contribution is -2.24. The maximum atomic E-state index is 6.27. The SMILES string of the molecule is NC[C@H]1Cc2cc(Cl)cc(-c3ccc4[nH]ccc4c3)c2O1. The highest BCUT2D eigenvalue weighted by molar-refractivity contribution is 6.31. The van der Waals surface area contributed by atoms with Crippen LogP contribution in [-0.4, -0.2) is 17.6 Å². The second-order valence-electron chi connectivity index (χ2n) is 5.40. The highest BCUT2D eigenvalue weighted by atomic mass is 35.5. The minimum atomic E-state index is 0.0493. The van der Waals surface area contributed by atoms with Crippen LogP contribution in [0.1, 0.15) is 5.56 Å². The van der Waals surface area contributed by atoms with Gasteiger partial charge < -0.3 is 15.5 Å². The Hall–Kier alpha value is -1.97. The quantitative estimate of drug-likeness (QED) is 0.757. The molecule has 1 aromatic heterocycles. The monoisotopic (exact) mass is 298 g/mol. The van der Waals surface area contributed by atoms with E-state index >= 15 is 0 Å². The summed E-state index contributed by atoms with van der Waals surface area (Å²) in [4.78, 5) is 3.20. The molecule has 2 heterocycles. The van der Waals surface area contributed by atoms with Gasteiger partial charge in [-0.2, -0.15) is 0 Å². The number of aromatic nitrogens is 1. The first kappa shape index (κ1) is 12.7. The van der Waals surface area contributed by atoms with Crippen LogP contribution in [0.25, 0.3) is 22.0 Å². The molecular weight excluding hydrogens is 284 g/mol. The summed E-state index contributed by atoms with van der Waals surface area (Å²) in [5.74, 6) is 0.921. The fraction of sp³-hybridized carbons (Fsp3) is 0.176. The number of rotatable bonds is 2. The largest absolute Gasteiger partial charge is 0.488 e. The lowest BCUT2D eigenvalue weighted by molar-refractivity contribution is 0.242. The number of fused-ring (bicyclic) bond motifs is 2. The Kier molecular flexibility index (Phi) is 2.91. The maximum Gasteiger partial charge on any atom is 0.131 e. The molecule has 0 saturated heterocycles. The molecule has 0 radical (unpaired) electrons. The van der Waals surface area contributed by atoms with Crippen LogP contribution in [0.5, 0.6) is 5.75 Å². The van der Waals surface area contributed by atoms with Crippen LogP contribution in [0.4, 0.5) is 0 Å². The van der Waals surface area contributed by atoms with Gasteiger partial charge in [-0.1, -0.05) is 17.7 Å². The molecule has 4 rings (SSSR count). The van der Waals surface area contributed by atoms with E-state index in [9.17, 15) is 0 Å². The first-order chi connectivity index (χ1) is 10.2. The van der Waals surface area contributed by atoms with E-state index < -0.39 is 0 Å². The van der Waals surface area contributed by atoms with E-state index in [1.165, 1.54) is 5.39 Å². The molecule has 3 aromatic rings. The minimum Gasteiger partial charge on any atom is -0.488 e. The van der Waals surface area contributed by atoms with Crippen LogP contribution >= 0.6 is 11.6 Å². The third-order valence-corrected chi connectivity index (χ3v) is 4.21. The fourth-order valence-electron chi connectivity index (χ4n) is 2.96. The molecule has 1 aliphatic heterocycles. The van der Waals surface area contributed by atoms with Gasteiger partial charge in [0.2, 0.25) is 0 Å². The normalized spacial score (nSPS) is 17.0. The number of nitrogens with one attached hydrogen (secondary N) is 1. The number of H-pyrrole nitrogens is 1. The second kappa shape index (κ2) is 4.79. The predicted octanol–water partition coefficient (Wildman–Crippen LogP) is 3.75. The van der Waals surface area contributed by atoms with Crippen molar-refractivity contribution in [2.75, 3.05) is 6.54 Å². The molecule has 106 valence electrons. The average molecular weight is 299 g/mol. The highest BCUT2D eigenvalue weighted by Gasteiger charge is 2.25. The van der Waals surface area contributed by atoms with Crippen LogP contribution in [-0.2, 0) is 6.42 Å². The van der Waals surface area contributed by atoms with Gasteiger partial charge in [0, 0.05) is 35.3 Å². The van der Waals surface area contributed by atoms with Crippen molar-refractivity contribution in [3.05, 3.63) is 53.2 Å². The zero-order chi connectivity index (χ0) is 14.4. The molecule has 3 N–H and O–H groups in total. The van der Waals surface area contributed by atoms with Gasteiger partial charge in [0.25, 0.3) is 0 Å². The zero-order valence-electron chi connectivity index (χ0n) is 11.4. The van der Waals surface area contributed by atoms with Gasteiger partial charge in [0.15, 0.2) is 0 Å². The Bertz CT molecular complexity index is 825. The second-order valence-corrected chi connectivity index (χ2v) is 5.84. The van der Waals surface area contributed by atoms with Gasteiger partial charge >= 0.3 is 0 Å². The molecule has 0 bridgehead atoms. The summed E-state index contributed by atoms with van der Waals surface area (Å²) in [6.07, 6.45) is 2.82. The van der Waals surface area contributed by atoms with E-state index in [0.29, 0.717) is 6.54 Å². The lowest BCUT2D eigenvalue weighted by Gasteiger charge is -2.11. The summed E-state index contributed by atoms with van der Waals surface area (Å²) < 4.78 is 6.00. The Morgan fingerprint density at radius 3 is 3.00 bits per heavy atom. The third kappa shape index (κ3) is 2.09. The number of nitrogens with two attached hydrogens (primary N) is 1. The van der Waals surface area contributed by atoms with E-state index in [1.54, 1.807) is 0 Å². The van der Waals surface area contributed by atoms with Crippen molar-refractivity contribution in [3.8, 4) is 16.9 Å². The summed E-state index contributed by atoms with van der Waals surface area (Å²) >= 11 is 6.27. The summed E-state index contributed by atoms with van der Waals surface area (Å²) in [6.45, 7) is 0.516. The molecule has 0 unspecified atom stereocenters. The number of hydrogen-bond donors (Lipinski definition) is 2. The van der Waals surface area contributed by atoms with Gasteiger partial charge in [-0.25, -0.2) is 0 Å². The molecule has 0 spiro atoms. The minimum absolute atomic E-state index is 0.0493. The van der Waals surface area contributed by atoms with Crippen LogP contribution in [0.3, 0.4) is 0 Å². The van der Waals surface area contributed by atoms with E-state index in [0.717, 1.165) is 39.4 Å². The topological polar surface area (TPSA) is 51.0 Å². The van der Waals surface area contributed by atoms with Gasteiger partial charge in [-0.15, -0.1) is 0 Å². The maximum absolute atomic E-state index is 6.27.